The normalized spacial score (nSPS) is 11.8. The highest BCUT2D eigenvalue weighted by Gasteiger charge is 2.19. The highest BCUT2D eigenvalue weighted by atomic mass is 35.5. The lowest BCUT2D eigenvalue weighted by Crippen LogP contribution is -2.28. The Labute approximate surface area is 192 Å². The molecule has 7 nitrogen and oxygen atoms in total. The van der Waals surface area contributed by atoms with Crippen LogP contribution in [0.4, 0.5) is 10.1 Å². The summed E-state index contributed by atoms with van der Waals surface area (Å²) in [6.07, 6.45) is 0. The number of hydrogen-bond donors (Lipinski definition) is 2. The predicted octanol–water partition coefficient (Wildman–Crippen LogP) is 4.48. The monoisotopic (exact) mass is 481 g/mol. The van der Waals surface area contributed by atoms with Gasteiger partial charge in [0, 0.05) is 18.3 Å². The SMILES string of the molecule is C[C@H](NC(=O)c1ccc(Cl)c(Cl)c1)c1nnc(SCC(=O)Nc2ccc(F)cc2)n1C. The molecule has 1 heterocycles. The van der Waals surface area contributed by atoms with Crippen LogP contribution in [0.15, 0.2) is 47.6 Å². The number of nitrogens with one attached hydrogen (secondary N) is 2. The molecule has 2 N–H and O–H groups in total. The van der Waals surface area contributed by atoms with Gasteiger partial charge in [-0.05, 0) is 49.4 Å². The number of anilines is 1. The molecule has 0 aliphatic heterocycles. The van der Waals surface area contributed by atoms with E-state index < -0.39 is 6.04 Å². The fourth-order valence-electron chi connectivity index (χ4n) is 2.67. The zero-order chi connectivity index (χ0) is 22.5. The van der Waals surface area contributed by atoms with Crippen molar-refractivity contribution in [3.8, 4) is 0 Å². The Morgan fingerprint density at radius 1 is 1.13 bits per heavy atom. The van der Waals surface area contributed by atoms with Crippen LogP contribution in [0.5, 0.6) is 0 Å². The molecule has 0 radical (unpaired) electrons. The van der Waals surface area contributed by atoms with E-state index in [1.54, 1.807) is 30.7 Å². The van der Waals surface area contributed by atoms with Gasteiger partial charge in [-0.15, -0.1) is 10.2 Å². The van der Waals surface area contributed by atoms with Crippen molar-refractivity contribution in [1.29, 1.82) is 0 Å². The molecule has 0 saturated heterocycles. The number of amides is 2. The zero-order valence-corrected chi connectivity index (χ0v) is 18.9. The van der Waals surface area contributed by atoms with Crippen LogP contribution >= 0.6 is 35.0 Å². The van der Waals surface area contributed by atoms with Crippen LogP contribution in [0.2, 0.25) is 10.0 Å². The highest BCUT2D eigenvalue weighted by molar-refractivity contribution is 7.99. The average Bonchev–Trinajstić information content (AvgIpc) is 3.10. The van der Waals surface area contributed by atoms with Crippen molar-refractivity contribution in [2.45, 2.75) is 18.1 Å². The van der Waals surface area contributed by atoms with Crippen LogP contribution in [-0.4, -0.2) is 32.3 Å². The third-order valence-corrected chi connectivity index (χ3v) is 6.00. The van der Waals surface area contributed by atoms with E-state index in [2.05, 4.69) is 20.8 Å². The van der Waals surface area contributed by atoms with Crippen molar-refractivity contribution in [2.75, 3.05) is 11.1 Å². The van der Waals surface area contributed by atoms with Crippen molar-refractivity contribution in [3.05, 3.63) is 69.7 Å². The number of carbonyl (C=O) groups excluding carboxylic acids is 2. The molecule has 3 aromatic rings. The summed E-state index contributed by atoms with van der Waals surface area (Å²) in [5.74, 6) is -0.355. The third kappa shape index (κ3) is 5.96. The largest absolute Gasteiger partial charge is 0.342 e. The van der Waals surface area contributed by atoms with Gasteiger partial charge in [-0.1, -0.05) is 35.0 Å². The van der Waals surface area contributed by atoms with Gasteiger partial charge in [0.25, 0.3) is 5.91 Å². The minimum absolute atomic E-state index is 0.0906. The minimum Gasteiger partial charge on any atom is -0.342 e. The Kier molecular flexibility index (Phi) is 7.53. The van der Waals surface area contributed by atoms with Gasteiger partial charge in [0.05, 0.1) is 21.8 Å². The molecule has 0 bridgehead atoms. The molecule has 0 saturated carbocycles. The number of carbonyl (C=O) groups is 2. The Balaban J connectivity index is 1.58. The van der Waals surface area contributed by atoms with Crippen molar-refractivity contribution in [2.24, 2.45) is 7.05 Å². The standard InChI is InChI=1S/C20H18Cl2FN5O2S/c1-11(24-19(30)12-3-8-15(21)16(22)9-12)18-26-27-20(28(18)2)31-10-17(29)25-14-6-4-13(23)5-7-14/h3-9,11H,10H2,1-2H3,(H,24,30)(H,25,29)/t11-/m0/s1. The average molecular weight is 482 g/mol. The van der Waals surface area contributed by atoms with Gasteiger partial charge in [-0.2, -0.15) is 0 Å². The number of thioether (sulfide) groups is 1. The molecule has 0 aliphatic carbocycles. The molecule has 1 atom stereocenters. The number of halogens is 3. The van der Waals surface area contributed by atoms with Crippen molar-refractivity contribution in [3.63, 3.8) is 0 Å². The molecule has 11 heteroatoms. The highest BCUT2D eigenvalue weighted by Crippen LogP contribution is 2.23. The second-order valence-electron chi connectivity index (χ2n) is 6.57. The van der Waals surface area contributed by atoms with Gasteiger partial charge in [0.15, 0.2) is 11.0 Å². The van der Waals surface area contributed by atoms with Crippen LogP contribution in [0, 0.1) is 5.82 Å². The molecule has 0 spiro atoms. The van der Waals surface area contributed by atoms with E-state index >= 15 is 0 Å². The number of nitrogens with zero attached hydrogens (tertiary/aromatic N) is 3. The molecule has 2 aromatic carbocycles. The van der Waals surface area contributed by atoms with Crippen LogP contribution in [0.25, 0.3) is 0 Å². The number of aromatic nitrogens is 3. The van der Waals surface area contributed by atoms with Crippen LogP contribution in [-0.2, 0) is 11.8 Å². The second kappa shape index (κ2) is 10.1. The van der Waals surface area contributed by atoms with Gasteiger partial charge in [-0.3, -0.25) is 9.59 Å². The van der Waals surface area contributed by atoms with Crippen LogP contribution < -0.4 is 10.6 Å². The summed E-state index contributed by atoms with van der Waals surface area (Å²) in [6.45, 7) is 1.77. The third-order valence-electron chi connectivity index (χ3n) is 4.25. The molecule has 31 heavy (non-hydrogen) atoms. The lowest BCUT2D eigenvalue weighted by Gasteiger charge is -2.14. The van der Waals surface area contributed by atoms with E-state index in [0.717, 1.165) is 0 Å². The summed E-state index contributed by atoms with van der Waals surface area (Å²) in [5, 5.41) is 14.9. The molecular formula is C20H18Cl2FN5O2S. The maximum absolute atomic E-state index is 12.9. The summed E-state index contributed by atoms with van der Waals surface area (Å²) >= 11 is 13.0. The summed E-state index contributed by atoms with van der Waals surface area (Å²) in [5.41, 5.74) is 0.875. The van der Waals surface area contributed by atoms with Crippen molar-refractivity contribution < 1.29 is 14.0 Å². The fraction of sp³-hybridized carbons (Fsp3) is 0.200. The Hall–Kier alpha value is -2.62. The smallest absolute Gasteiger partial charge is 0.251 e. The number of hydrogen-bond acceptors (Lipinski definition) is 5. The molecule has 3 rings (SSSR count). The Morgan fingerprint density at radius 2 is 1.84 bits per heavy atom. The van der Waals surface area contributed by atoms with Gasteiger partial charge >= 0.3 is 0 Å². The summed E-state index contributed by atoms with van der Waals surface area (Å²) in [7, 11) is 1.75. The second-order valence-corrected chi connectivity index (χ2v) is 8.32. The number of benzene rings is 2. The van der Waals surface area contributed by atoms with Crippen molar-refractivity contribution in [1.82, 2.24) is 20.1 Å². The van der Waals surface area contributed by atoms with Gasteiger partial charge in [0.2, 0.25) is 5.91 Å². The van der Waals surface area contributed by atoms with Gasteiger partial charge in [-0.25, -0.2) is 4.39 Å². The first kappa shape index (κ1) is 23.1. The lowest BCUT2D eigenvalue weighted by atomic mass is 10.2. The molecule has 0 unspecified atom stereocenters. The van der Waals surface area contributed by atoms with E-state index in [9.17, 15) is 14.0 Å². The Morgan fingerprint density at radius 3 is 2.52 bits per heavy atom. The summed E-state index contributed by atoms with van der Waals surface area (Å²) in [6, 6.07) is 9.68. The fourth-order valence-corrected chi connectivity index (χ4v) is 3.69. The summed E-state index contributed by atoms with van der Waals surface area (Å²) in [4.78, 5) is 24.6. The zero-order valence-electron chi connectivity index (χ0n) is 16.5. The molecule has 2 amide bonds. The first-order valence-corrected chi connectivity index (χ1v) is 10.8. The first-order chi connectivity index (χ1) is 14.7. The van der Waals surface area contributed by atoms with E-state index in [0.29, 0.717) is 32.3 Å². The van der Waals surface area contributed by atoms with E-state index in [1.807, 2.05) is 0 Å². The predicted molar refractivity (Wildman–Crippen MR) is 119 cm³/mol. The summed E-state index contributed by atoms with van der Waals surface area (Å²) < 4.78 is 14.6. The lowest BCUT2D eigenvalue weighted by molar-refractivity contribution is -0.113. The van der Waals surface area contributed by atoms with Gasteiger partial charge < -0.3 is 15.2 Å². The minimum atomic E-state index is -0.443. The van der Waals surface area contributed by atoms with Gasteiger partial charge in [0.1, 0.15) is 5.82 Å². The maximum Gasteiger partial charge on any atom is 0.251 e. The molecule has 162 valence electrons. The molecule has 0 fully saturated rings. The van der Waals surface area contributed by atoms with Crippen LogP contribution in [0.3, 0.4) is 0 Å². The van der Waals surface area contributed by atoms with E-state index in [4.69, 9.17) is 23.2 Å². The molecular weight excluding hydrogens is 464 g/mol. The number of rotatable bonds is 7. The first-order valence-electron chi connectivity index (χ1n) is 9.08. The Bertz CT molecular complexity index is 1110. The van der Waals surface area contributed by atoms with E-state index in [1.165, 1.54) is 42.1 Å². The van der Waals surface area contributed by atoms with Crippen LogP contribution in [0.1, 0.15) is 29.1 Å². The van der Waals surface area contributed by atoms with Crippen molar-refractivity contribution >= 4 is 52.5 Å². The molecule has 1 aromatic heterocycles. The molecule has 0 aliphatic rings. The maximum atomic E-state index is 12.9. The van der Waals surface area contributed by atoms with E-state index in [-0.39, 0.29) is 23.4 Å². The topological polar surface area (TPSA) is 88.9 Å². The quantitative estimate of drug-likeness (QED) is 0.485.